The molecular formula is C12H14N4O3. The molecule has 0 aliphatic heterocycles. The van der Waals surface area contributed by atoms with Gasteiger partial charge in [0.2, 0.25) is 0 Å². The predicted molar refractivity (Wildman–Crippen MR) is 68.4 cm³/mol. The molecular weight excluding hydrogens is 248 g/mol. The molecule has 0 fully saturated rings. The van der Waals surface area contributed by atoms with Gasteiger partial charge in [-0.25, -0.2) is 0 Å². The van der Waals surface area contributed by atoms with Crippen LogP contribution in [0.15, 0.2) is 28.9 Å². The Hall–Kier alpha value is -2.57. The van der Waals surface area contributed by atoms with Gasteiger partial charge in [-0.2, -0.15) is 0 Å². The van der Waals surface area contributed by atoms with Crippen LogP contribution in [0.2, 0.25) is 0 Å². The maximum absolute atomic E-state index is 11.8. The summed E-state index contributed by atoms with van der Waals surface area (Å²) >= 11 is 0. The first-order valence-corrected chi connectivity index (χ1v) is 5.75. The van der Waals surface area contributed by atoms with E-state index in [4.69, 9.17) is 5.73 Å². The zero-order valence-corrected chi connectivity index (χ0v) is 10.6. The molecule has 0 aliphatic carbocycles. The van der Waals surface area contributed by atoms with Gasteiger partial charge in [0.15, 0.2) is 0 Å². The number of rotatable bonds is 3. The Kier molecular flexibility index (Phi) is 3.37. The molecule has 1 aromatic carbocycles. The molecule has 1 amide bonds. The molecule has 2 aromatic rings. The van der Waals surface area contributed by atoms with Crippen LogP contribution in [0.25, 0.3) is 0 Å². The van der Waals surface area contributed by atoms with Crippen molar-refractivity contribution in [3.63, 3.8) is 0 Å². The number of hydrogen-bond acceptors (Lipinski definition) is 5. The quantitative estimate of drug-likeness (QED) is 0.809. The van der Waals surface area contributed by atoms with Crippen LogP contribution in [0.5, 0.6) is 0 Å². The fraction of sp³-hybridized carbons (Fsp3) is 0.250. The van der Waals surface area contributed by atoms with Gasteiger partial charge in [0, 0.05) is 5.69 Å². The monoisotopic (exact) mass is 262 g/mol. The Morgan fingerprint density at radius 1 is 1.42 bits per heavy atom. The van der Waals surface area contributed by atoms with Crippen molar-refractivity contribution >= 4 is 17.4 Å². The van der Waals surface area contributed by atoms with Crippen molar-refractivity contribution in [2.45, 2.75) is 19.8 Å². The number of carbonyl (C=O) groups excluding carboxylic acids is 1. The van der Waals surface area contributed by atoms with E-state index in [1.165, 1.54) is 0 Å². The standard InChI is InChI=1S/C12H14N4O3/c1-7(2)8-3-5-9(6-4-8)14-12(17)10-11(13)15-19-16(10)18/h3-7H,1-2H3,(H2,13,15)(H,14,17). The zero-order chi connectivity index (χ0) is 14.0. The van der Waals surface area contributed by atoms with Crippen molar-refractivity contribution < 1.29 is 14.3 Å². The van der Waals surface area contributed by atoms with Crippen LogP contribution >= 0.6 is 0 Å². The molecule has 0 spiro atoms. The lowest BCUT2D eigenvalue weighted by molar-refractivity contribution is -0.803. The largest absolute Gasteiger partial charge is 0.359 e. The topological polar surface area (TPSA) is 108 Å². The second-order valence-corrected chi connectivity index (χ2v) is 4.39. The van der Waals surface area contributed by atoms with Gasteiger partial charge >= 0.3 is 17.4 Å². The first-order valence-electron chi connectivity index (χ1n) is 5.75. The molecule has 0 saturated carbocycles. The van der Waals surface area contributed by atoms with Crippen molar-refractivity contribution in [1.82, 2.24) is 5.16 Å². The molecule has 0 radical (unpaired) electrons. The van der Waals surface area contributed by atoms with E-state index < -0.39 is 5.91 Å². The molecule has 7 heteroatoms. The summed E-state index contributed by atoms with van der Waals surface area (Å²) in [5.41, 5.74) is 6.74. The lowest BCUT2D eigenvalue weighted by Gasteiger charge is -2.07. The highest BCUT2D eigenvalue weighted by atomic mass is 16.8. The van der Waals surface area contributed by atoms with Crippen LogP contribution in [0, 0.1) is 5.21 Å². The summed E-state index contributed by atoms with van der Waals surface area (Å²) in [5.74, 6) is -0.500. The minimum absolute atomic E-state index is 0.0207. The first kappa shape index (κ1) is 12.9. The normalized spacial score (nSPS) is 10.7. The highest BCUT2D eigenvalue weighted by Crippen LogP contribution is 2.17. The molecule has 19 heavy (non-hydrogen) atoms. The number of benzene rings is 1. The maximum atomic E-state index is 11.8. The van der Waals surface area contributed by atoms with E-state index in [9.17, 15) is 10.0 Å². The van der Waals surface area contributed by atoms with Crippen molar-refractivity contribution in [2.24, 2.45) is 0 Å². The first-order chi connectivity index (χ1) is 8.99. The summed E-state index contributed by atoms with van der Waals surface area (Å²) in [6.07, 6.45) is 0. The van der Waals surface area contributed by atoms with Crippen molar-refractivity contribution in [3.05, 3.63) is 40.7 Å². The number of carbonyl (C=O) groups is 1. The number of amides is 1. The Labute approximate surface area is 109 Å². The highest BCUT2D eigenvalue weighted by molar-refractivity contribution is 6.04. The minimum Gasteiger partial charge on any atom is -0.359 e. The van der Waals surface area contributed by atoms with Crippen molar-refractivity contribution in [1.29, 1.82) is 0 Å². The van der Waals surface area contributed by atoms with E-state index in [1.54, 1.807) is 12.1 Å². The Morgan fingerprint density at radius 3 is 2.53 bits per heavy atom. The Bertz CT molecular complexity index is 570. The van der Waals surface area contributed by atoms with Gasteiger partial charge in [-0.1, -0.05) is 26.0 Å². The molecule has 2 rings (SSSR count). The van der Waals surface area contributed by atoms with E-state index >= 15 is 0 Å². The SMILES string of the molecule is CC(C)c1ccc(NC(=O)c2c(N)no[n+]2[O-])cc1. The number of hydrogen-bond donors (Lipinski definition) is 2. The average Bonchev–Trinajstić information content (AvgIpc) is 2.69. The van der Waals surface area contributed by atoms with Crippen LogP contribution in [0.4, 0.5) is 11.5 Å². The Balaban J connectivity index is 2.15. The Morgan fingerprint density at radius 2 is 2.05 bits per heavy atom. The number of nitrogens with one attached hydrogen (secondary N) is 1. The van der Waals surface area contributed by atoms with Crippen molar-refractivity contribution in [2.75, 3.05) is 11.1 Å². The lowest BCUT2D eigenvalue weighted by Crippen LogP contribution is -2.34. The van der Waals surface area contributed by atoms with Crippen molar-refractivity contribution in [3.8, 4) is 0 Å². The number of aromatic nitrogens is 2. The van der Waals surface area contributed by atoms with E-state index in [-0.39, 0.29) is 16.4 Å². The van der Waals surface area contributed by atoms with E-state index in [2.05, 4.69) is 28.9 Å². The summed E-state index contributed by atoms with van der Waals surface area (Å²) in [4.78, 5) is 11.8. The minimum atomic E-state index is -0.661. The fourth-order valence-corrected chi connectivity index (χ4v) is 1.60. The van der Waals surface area contributed by atoms with Gasteiger partial charge in [-0.3, -0.25) is 9.42 Å². The summed E-state index contributed by atoms with van der Waals surface area (Å²) in [6, 6.07) is 7.32. The van der Waals surface area contributed by atoms with Crippen LogP contribution in [-0.4, -0.2) is 11.1 Å². The number of nitrogens with zero attached hydrogens (tertiary/aromatic N) is 2. The van der Waals surface area contributed by atoms with Gasteiger partial charge < -0.3 is 16.3 Å². The molecule has 3 N–H and O–H groups in total. The molecule has 100 valence electrons. The molecule has 0 saturated heterocycles. The third-order valence-electron chi connectivity index (χ3n) is 2.69. The molecule has 0 atom stereocenters. The van der Waals surface area contributed by atoms with E-state index in [1.807, 2.05) is 12.1 Å². The van der Waals surface area contributed by atoms with E-state index in [0.29, 0.717) is 11.6 Å². The summed E-state index contributed by atoms with van der Waals surface area (Å²) < 4.78 is 4.23. The third-order valence-corrected chi connectivity index (χ3v) is 2.69. The zero-order valence-electron chi connectivity index (χ0n) is 10.6. The molecule has 0 aliphatic rings. The smallest absolute Gasteiger partial charge is 0.318 e. The van der Waals surface area contributed by atoms with Crippen LogP contribution < -0.4 is 16.0 Å². The summed E-state index contributed by atoms with van der Waals surface area (Å²) in [5, 5.41) is 16.9. The molecule has 7 nitrogen and oxygen atoms in total. The highest BCUT2D eigenvalue weighted by Gasteiger charge is 2.24. The third kappa shape index (κ3) is 2.65. The molecule has 1 heterocycles. The fourth-order valence-electron chi connectivity index (χ4n) is 1.60. The van der Waals surface area contributed by atoms with Gasteiger partial charge in [0.1, 0.15) is 0 Å². The van der Waals surface area contributed by atoms with Crippen LogP contribution in [0.3, 0.4) is 0 Å². The van der Waals surface area contributed by atoms with Gasteiger partial charge in [-0.05, 0) is 28.5 Å². The van der Waals surface area contributed by atoms with Crippen LogP contribution in [0.1, 0.15) is 35.8 Å². The average molecular weight is 262 g/mol. The summed E-state index contributed by atoms with van der Waals surface area (Å²) in [7, 11) is 0. The van der Waals surface area contributed by atoms with Gasteiger partial charge in [0.05, 0.1) is 5.16 Å². The number of anilines is 2. The molecule has 1 aromatic heterocycles. The molecule has 0 unspecified atom stereocenters. The lowest BCUT2D eigenvalue weighted by atomic mass is 10.0. The van der Waals surface area contributed by atoms with Crippen LogP contribution in [-0.2, 0) is 0 Å². The predicted octanol–water partition coefficient (Wildman–Crippen LogP) is 1.27. The van der Waals surface area contributed by atoms with E-state index in [0.717, 1.165) is 5.56 Å². The maximum Gasteiger partial charge on any atom is 0.318 e. The number of nitrogens with two attached hydrogens (primary N) is 1. The number of nitrogen functional groups attached to an aromatic ring is 1. The van der Waals surface area contributed by atoms with Gasteiger partial charge in [0.25, 0.3) is 0 Å². The second-order valence-electron chi connectivity index (χ2n) is 4.39. The molecule has 0 bridgehead atoms. The van der Waals surface area contributed by atoms with Gasteiger partial charge in [-0.15, -0.1) is 0 Å². The summed E-state index contributed by atoms with van der Waals surface area (Å²) in [6.45, 7) is 4.15. The second kappa shape index (κ2) is 4.97.